The third-order valence-corrected chi connectivity index (χ3v) is 4.23. The van der Waals surface area contributed by atoms with Crippen molar-refractivity contribution in [2.45, 2.75) is 54.0 Å². The van der Waals surface area contributed by atoms with Crippen LogP contribution in [0.4, 0.5) is 0 Å². The maximum absolute atomic E-state index is 12.4. The molecule has 2 rings (SSSR count). The normalized spacial score (nSPS) is 11.6. The average molecular weight is 360 g/mol. The second-order valence-electron chi connectivity index (χ2n) is 7.08. The van der Waals surface area contributed by atoms with E-state index in [1.54, 1.807) is 32.0 Å². The Morgan fingerprint density at radius 1 is 1.08 bits per heavy atom. The van der Waals surface area contributed by atoms with Gasteiger partial charge in [-0.15, -0.1) is 0 Å². The van der Waals surface area contributed by atoms with E-state index in [0.29, 0.717) is 24.5 Å². The predicted octanol–water partition coefficient (Wildman–Crippen LogP) is 4.22. The highest BCUT2D eigenvalue weighted by molar-refractivity contribution is 5.96. The van der Waals surface area contributed by atoms with Crippen molar-refractivity contribution in [1.29, 1.82) is 0 Å². The molecular formula is C20H28N2O4. The molecule has 0 fully saturated rings. The lowest BCUT2D eigenvalue weighted by Crippen LogP contribution is -2.23. The maximum atomic E-state index is 12.4. The highest BCUT2D eigenvalue weighted by Gasteiger charge is 2.25. The molecule has 2 heterocycles. The maximum Gasteiger partial charge on any atom is 0.356 e. The Bertz CT molecular complexity index is 792. The molecule has 6 nitrogen and oxygen atoms in total. The zero-order valence-electron chi connectivity index (χ0n) is 16.3. The fourth-order valence-corrected chi connectivity index (χ4v) is 3.16. The van der Waals surface area contributed by atoms with Crippen molar-refractivity contribution in [3.63, 3.8) is 0 Å². The van der Waals surface area contributed by atoms with Crippen LogP contribution in [0, 0.1) is 5.41 Å². The molecule has 0 aromatic carbocycles. The van der Waals surface area contributed by atoms with Crippen LogP contribution in [0.15, 0.2) is 18.2 Å². The van der Waals surface area contributed by atoms with E-state index < -0.39 is 5.97 Å². The van der Waals surface area contributed by atoms with Crippen LogP contribution in [0.5, 0.6) is 0 Å². The molecule has 2 aromatic rings. The van der Waals surface area contributed by atoms with Gasteiger partial charge in [-0.2, -0.15) is 0 Å². The van der Waals surface area contributed by atoms with E-state index in [4.69, 9.17) is 9.47 Å². The number of hydrogen-bond donors (Lipinski definition) is 0. The van der Waals surface area contributed by atoms with Crippen LogP contribution < -0.4 is 0 Å². The second-order valence-corrected chi connectivity index (χ2v) is 7.08. The van der Waals surface area contributed by atoms with Crippen molar-refractivity contribution in [1.82, 2.24) is 9.55 Å². The van der Waals surface area contributed by atoms with E-state index in [1.165, 1.54) is 0 Å². The van der Waals surface area contributed by atoms with E-state index in [-0.39, 0.29) is 23.7 Å². The number of ether oxygens (including phenoxy) is 2. The van der Waals surface area contributed by atoms with Crippen LogP contribution >= 0.6 is 0 Å². The number of pyridine rings is 1. The van der Waals surface area contributed by atoms with Gasteiger partial charge in [-0.1, -0.05) is 27.2 Å². The summed E-state index contributed by atoms with van der Waals surface area (Å²) < 4.78 is 12.1. The van der Waals surface area contributed by atoms with Crippen molar-refractivity contribution in [3.05, 3.63) is 29.6 Å². The fraction of sp³-hybridized carbons (Fsp3) is 0.550. The van der Waals surface area contributed by atoms with Gasteiger partial charge in [0.25, 0.3) is 0 Å². The zero-order valence-corrected chi connectivity index (χ0v) is 16.3. The van der Waals surface area contributed by atoms with Gasteiger partial charge in [0.15, 0.2) is 5.69 Å². The lowest BCUT2D eigenvalue weighted by Gasteiger charge is -2.26. The first-order valence-electron chi connectivity index (χ1n) is 9.17. The van der Waals surface area contributed by atoms with Crippen LogP contribution in [-0.4, -0.2) is 34.7 Å². The van der Waals surface area contributed by atoms with Crippen molar-refractivity contribution in [3.8, 4) is 0 Å². The largest absolute Gasteiger partial charge is 0.461 e. The summed E-state index contributed by atoms with van der Waals surface area (Å²) in [7, 11) is 0. The molecule has 0 saturated heterocycles. The molecule has 0 unspecified atom stereocenters. The lowest BCUT2D eigenvalue weighted by atomic mass is 9.88. The van der Waals surface area contributed by atoms with Gasteiger partial charge in [0.2, 0.25) is 0 Å². The first kappa shape index (κ1) is 19.9. The fourth-order valence-electron chi connectivity index (χ4n) is 3.16. The molecule has 0 spiro atoms. The Balaban J connectivity index is 2.57. The second kappa shape index (κ2) is 8.34. The van der Waals surface area contributed by atoms with Gasteiger partial charge in [-0.05, 0) is 43.9 Å². The van der Waals surface area contributed by atoms with Crippen LogP contribution in [0.25, 0.3) is 11.0 Å². The monoisotopic (exact) mass is 360 g/mol. The Morgan fingerprint density at radius 2 is 1.73 bits per heavy atom. The lowest BCUT2D eigenvalue weighted by molar-refractivity contribution is 0.0507. The number of rotatable bonds is 8. The van der Waals surface area contributed by atoms with Crippen molar-refractivity contribution >= 4 is 23.0 Å². The van der Waals surface area contributed by atoms with Crippen LogP contribution in [0.1, 0.15) is 68.4 Å². The number of aromatic nitrogens is 2. The van der Waals surface area contributed by atoms with Gasteiger partial charge >= 0.3 is 11.9 Å². The van der Waals surface area contributed by atoms with E-state index in [2.05, 4.69) is 25.8 Å². The van der Waals surface area contributed by atoms with E-state index >= 15 is 0 Å². The molecule has 0 aliphatic rings. The minimum atomic E-state index is -0.465. The number of nitrogens with zero attached hydrogens (tertiary/aromatic N) is 2. The minimum absolute atomic E-state index is 0.0242. The molecule has 0 aliphatic carbocycles. The summed E-state index contributed by atoms with van der Waals surface area (Å²) in [4.78, 5) is 29.0. The quantitative estimate of drug-likeness (QED) is 0.659. The van der Waals surface area contributed by atoms with Crippen LogP contribution in [0.2, 0.25) is 0 Å². The Kier molecular flexibility index (Phi) is 6.40. The summed E-state index contributed by atoms with van der Waals surface area (Å²) in [6, 6.07) is 5.19. The molecule has 0 aliphatic heterocycles. The predicted molar refractivity (Wildman–Crippen MR) is 100 cm³/mol. The molecule has 0 N–H and O–H groups in total. The molecule has 0 atom stereocenters. The number of carbonyl (C=O) groups excluding carboxylic acids is 2. The molecule has 142 valence electrons. The standard InChI is InChI=1S/C20H28N2O4/c1-6-11-20(4,5)13-22-16(19(24)26-8-3)12-14-9-10-15(21-17(14)22)18(23)25-7-2/h9-10,12H,6-8,11,13H2,1-5H3. The van der Waals surface area contributed by atoms with Crippen LogP contribution in [-0.2, 0) is 16.0 Å². The van der Waals surface area contributed by atoms with Gasteiger partial charge in [-0.25, -0.2) is 14.6 Å². The smallest absolute Gasteiger partial charge is 0.356 e. The number of fused-ring (bicyclic) bond motifs is 1. The summed E-state index contributed by atoms with van der Waals surface area (Å²) in [5.74, 6) is -0.844. The van der Waals surface area contributed by atoms with Crippen molar-refractivity contribution < 1.29 is 19.1 Å². The SMILES string of the molecule is CCCC(C)(C)Cn1c(C(=O)OCC)cc2ccc(C(=O)OCC)nc21. The summed E-state index contributed by atoms with van der Waals surface area (Å²) in [6.45, 7) is 11.2. The highest BCUT2D eigenvalue weighted by Crippen LogP contribution is 2.29. The molecule has 0 radical (unpaired) electrons. The van der Waals surface area contributed by atoms with E-state index in [0.717, 1.165) is 18.2 Å². The molecule has 0 saturated carbocycles. The Labute approximate surface area is 154 Å². The highest BCUT2D eigenvalue weighted by atomic mass is 16.5. The average Bonchev–Trinajstić information content (AvgIpc) is 2.92. The van der Waals surface area contributed by atoms with Gasteiger partial charge in [0.05, 0.1) is 13.2 Å². The number of carbonyl (C=O) groups is 2. The summed E-state index contributed by atoms with van der Waals surface area (Å²) in [5, 5.41) is 0.799. The molecule has 26 heavy (non-hydrogen) atoms. The van der Waals surface area contributed by atoms with Crippen LogP contribution in [0.3, 0.4) is 0 Å². The number of esters is 2. The molecule has 0 bridgehead atoms. The first-order chi connectivity index (χ1) is 12.3. The molecule has 2 aromatic heterocycles. The summed E-state index contributed by atoms with van der Waals surface area (Å²) in [6.07, 6.45) is 2.05. The van der Waals surface area contributed by atoms with E-state index in [1.807, 2.05) is 4.57 Å². The van der Waals surface area contributed by atoms with Crippen molar-refractivity contribution in [2.24, 2.45) is 5.41 Å². The third kappa shape index (κ3) is 4.42. The Morgan fingerprint density at radius 3 is 2.35 bits per heavy atom. The van der Waals surface area contributed by atoms with Crippen molar-refractivity contribution in [2.75, 3.05) is 13.2 Å². The number of hydrogen-bond acceptors (Lipinski definition) is 5. The zero-order chi connectivity index (χ0) is 19.3. The Hall–Kier alpha value is -2.37. The summed E-state index contributed by atoms with van der Waals surface area (Å²) in [5.41, 5.74) is 1.27. The summed E-state index contributed by atoms with van der Waals surface area (Å²) >= 11 is 0. The van der Waals surface area contributed by atoms with E-state index in [9.17, 15) is 9.59 Å². The van der Waals surface area contributed by atoms with Gasteiger partial charge < -0.3 is 14.0 Å². The van der Waals surface area contributed by atoms with Gasteiger partial charge in [-0.3, -0.25) is 0 Å². The first-order valence-corrected chi connectivity index (χ1v) is 9.17. The molecular weight excluding hydrogens is 332 g/mol. The van der Waals surface area contributed by atoms with Gasteiger partial charge in [0, 0.05) is 11.9 Å². The minimum Gasteiger partial charge on any atom is -0.461 e. The topological polar surface area (TPSA) is 70.4 Å². The molecule has 0 amide bonds. The molecule has 6 heteroatoms. The third-order valence-electron chi connectivity index (χ3n) is 4.23. The van der Waals surface area contributed by atoms with Gasteiger partial charge in [0.1, 0.15) is 11.3 Å².